The zero-order chi connectivity index (χ0) is 11.4. The summed E-state index contributed by atoms with van der Waals surface area (Å²) in [4.78, 5) is 10.4. The van der Waals surface area contributed by atoms with Gasteiger partial charge in [0, 0.05) is 18.4 Å². The van der Waals surface area contributed by atoms with Crippen molar-refractivity contribution in [3.63, 3.8) is 0 Å². The summed E-state index contributed by atoms with van der Waals surface area (Å²) in [7, 11) is 3.45. The topological polar surface area (TPSA) is 38.2 Å². The van der Waals surface area contributed by atoms with Gasteiger partial charge in [0.05, 0.1) is 13.3 Å². The van der Waals surface area contributed by atoms with Crippen molar-refractivity contribution < 1.29 is 4.74 Å². The number of nitrogens with zero attached hydrogens (tertiary/aromatic N) is 3. The molecular weight excluding hydrogens is 281 g/mol. The Morgan fingerprint density at radius 2 is 2.33 bits per heavy atom. The van der Waals surface area contributed by atoms with Gasteiger partial charge in [-0.3, -0.25) is 0 Å². The maximum atomic E-state index is 5.99. The first-order chi connectivity index (χ1) is 7.04. The summed E-state index contributed by atoms with van der Waals surface area (Å²) >= 11 is 9.47. The molecule has 0 aromatic carbocycles. The molecule has 0 N–H and O–H groups in total. The second-order valence-electron chi connectivity index (χ2n) is 3.19. The summed E-state index contributed by atoms with van der Waals surface area (Å²) in [6.07, 6.45) is 1.54. The number of aromatic nitrogens is 2. The maximum Gasteiger partial charge on any atom is 0.318 e. The van der Waals surface area contributed by atoms with Gasteiger partial charge in [-0.15, -0.1) is 0 Å². The van der Waals surface area contributed by atoms with Gasteiger partial charge < -0.3 is 9.64 Å². The minimum Gasteiger partial charge on any atom is -0.467 e. The summed E-state index contributed by atoms with van der Waals surface area (Å²) in [5.74, 6) is 0.676. The van der Waals surface area contributed by atoms with Crippen molar-refractivity contribution in [3.8, 4) is 6.01 Å². The number of methoxy groups -OCH3 is 1. The van der Waals surface area contributed by atoms with Crippen LogP contribution in [-0.2, 0) is 0 Å². The predicted molar refractivity (Wildman–Crippen MR) is 65.3 cm³/mol. The zero-order valence-corrected chi connectivity index (χ0v) is 11.2. The highest BCUT2D eigenvalue weighted by Crippen LogP contribution is 2.23. The molecule has 1 rings (SSSR count). The number of alkyl halides is 1. The first kappa shape index (κ1) is 12.5. The number of hydrogen-bond donors (Lipinski definition) is 0. The van der Waals surface area contributed by atoms with Gasteiger partial charge in [0.2, 0.25) is 0 Å². The molecule has 0 aliphatic heterocycles. The molecule has 0 saturated carbocycles. The Bertz CT molecular complexity index is 335. The summed E-state index contributed by atoms with van der Waals surface area (Å²) in [5.41, 5.74) is 0. The van der Waals surface area contributed by atoms with E-state index < -0.39 is 0 Å². The molecule has 6 heteroatoms. The van der Waals surface area contributed by atoms with Crippen molar-refractivity contribution in [1.29, 1.82) is 0 Å². The Kier molecular flexibility index (Phi) is 4.60. The molecule has 1 aromatic rings. The van der Waals surface area contributed by atoms with E-state index in [1.165, 1.54) is 13.3 Å². The largest absolute Gasteiger partial charge is 0.467 e. The lowest BCUT2D eigenvalue weighted by atomic mass is 10.4. The van der Waals surface area contributed by atoms with E-state index in [0.29, 0.717) is 21.7 Å². The SMILES string of the molecule is COc1ncc(Cl)c(N(C)CC(C)Br)n1. The van der Waals surface area contributed by atoms with Crippen LogP contribution in [-0.4, -0.2) is 35.5 Å². The third kappa shape index (κ3) is 3.50. The van der Waals surface area contributed by atoms with E-state index in [9.17, 15) is 0 Å². The summed E-state index contributed by atoms with van der Waals surface area (Å²) < 4.78 is 4.95. The second kappa shape index (κ2) is 5.51. The maximum absolute atomic E-state index is 5.99. The van der Waals surface area contributed by atoms with Crippen molar-refractivity contribution in [2.24, 2.45) is 0 Å². The lowest BCUT2D eigenvalue weighted by Gasteiger charge is -2.20. The minimum atomic E-state index is 0.323. The van der Waals surface area contributed by atoms with Gasteiger partial charge in [-0.25, -0.2) is 4.98 Å². The van der Waals surface area contributed by atoms with Crippen LogP contribution in [0.2, 0.25) is 5.02 Å². The van der Waals surface area contributed by atoms with Crippen molar-refractivity contribution in [2.75, 3.05) is 25.6 Å². The van der Waals surface area contributed by atoms with Crippen LogP contribution in [0.1, 0.15) is 6.92 Å². The molecule has 1 heterocycles. The average Bonchev–Trinajstić information content (AvgIpc) is 2.17. The molecule has 0 spiro atoms. The number of ether oxygens (including phenoxy) is 1. The van der Waals surface area contributed by atoms with Crippen LogP contribution in [0, 0.1) is 0 Å². The summed E-state index contributed by atoms with van der Waals surface area (Å²) in [6, 6.07) is 0.323. The first-order valence-corrected chi connectivity index (χ1v) is 5.75. The van der Waals surface area contributed by atoms with Crippen LogP contribution < -0.4 is 9.64 Å². The average molecular weight is 295 g/mol. The van der Waals surface area contributed by atoms with Gasteiger partial charge >= 0.3 is 6.01 Å². The third-order valence-electron chi connectivity index (χ3n) is 1.77. The highest BCUT2D eigenvalue weighted by atomic mass is 79.9. The van der Waals surface area contributed by atoms with E-state index in [2.05, 4.69) is 32.8 Å². The highest BCUT2D eigenvalue weighted by molar-refractivity contribution is 9.09. The Morgan fingerprint density at radius 3 is 2.87 bits per heavy atom. The molecular formula is C9H13BrClN3O. The third-order valence-corrected chi connectivity index (χ3v) is 2.33. The summed E-state index contributed by atoms with van der Waals surface area (Å²) in [6.45, 7) is 2.86. The first-order valence-electron chi connectivity index (χ1n) is 4.46. The lowest BCUT2D eigenvalue weighted by molar-refractivity contribution is 0.380. The smallest absolute Gasteiger partial charge is 0.318 e. The fraction of sp³-hybridized carbons (Fsp3) is 0.556. The van der Waals surface area contributed by atoms with E-state index in [1.807, 2.05) is 11.9 Å². The van der Waals surface area contributed by atoms with Gasteiger partial charge in [0.1, 0.15) is 5.02 Å². The van der Waals surface area contributed by atoms with Crippen LogP contribution in [0.4, 0.5) is 5.82 Å². The molecule has 1 aromatic heterocycles. The molecule has 0 amide bonds. The molecule has 15 heavy (non-hydrogen) atoms. The van der Waals surface area contributed by atoms with Crippen LogP contribution in [0.25, 0.3) is 0 Å². The minimum absolute atomic E-state index is 0.323. The van der Waals surface area contributed by atoms with Crippen molar-refractivity contribution in [1.82, 2.24) is 9.97 Å². The highest BCUT2D eigenvalue weighted by Gasteiger charge is 2.11. The number of anilines is 1. The molecule has 0 saturated heterocycles. The van der Waals surface area contributed by atoms with E-state index in [0.717, 1.165) is 6.54 Å². The molecule has 4 nitrogen and oxygen atoms in total. The predicted octanol–water partition coefficient (Wildman–Crippen LogP) is 2.36. The van der Waals surface area contributed by atoms with Crippen LogP contribution in [0.5, 0.6) is 6.01 Å². The van der Waals surface area contributed by atoms with Crippen molar-refractivity contribution >= 4 is 33.3 Å². The molecule has 0 aliphatic carbocycles. The van der Waals surface area contributed by atoms with Crippen LogP contribution >= 0.6 is 27.5 Å². The molecule has 0 bridgehead atoms. The molecule has 0 fully saturated rings. The van der Waals surface area contributed by atoms with Gasteiger partial charge in [-0.05, 0) is 0 Å². The van der Waals surface area contributed by atoms with Gasteiger partial charge in [0.15, 0.2) is 5.82 Å². The standard InChI is InChI=1S/C9H13BrClN3O/c1-6(10)5-14(2)8-7(11)4-12-9(13-8)15-3/h4,6H,5H2,1-3H3. The molecule has 84 valence electrons. The van der Waals surface area contributed by atoms with Gasteiger partial charge in [-0.2, -0.15) is 4.98 Å². The zero-order valence-electron chi connectivity index (χ0n) is 8.87. The fourth-order valence-electron chi connectivity index (χ4n) is 1.17. The monoisotopic (exact) mass is 293 g/mol. The van der Waals surface area contributed by atoms with E-state index >= 15 is 0 Å². The van der Waals surface area contributed by atoms with Crippen molar-refractivity contribution in [2.45, 2.75) is 11.8 Å². The van der Waals surface area contributed by atoms with E-state index in [-0.39, 0.29) is 0 Å². The van der Waals surface area contributed by atoms with E-state index in [1.54, 1.807) is 0 Å². The Hall–Kier alpha value is -0.550. The van der Waals surface area contributed by atoms with Crippen LogP contribution in [0.15, 0.2) is 6.20 Å². The number of hydrogen-bond acceptors (Lipinski definition) is 4. The second-order valence-corrected chi connectivity index (χ2v) is 5.16. The Labute approximate surface area is 103 Å². The van der Waals surface area contributed by atoms with E-state index in [4.69, 9.17) is 16.3 Å². The Balaban J connectivity index is 2.91. The van der Waals surface area contributed by atoms with Gasteiger partial charge in [0.25, 0.3) is 0 Å². The van der Waals surface area contributed by atoms with Crippen molar-refractivity contribution in [3.05, 3.63) is 11.2 Å². The van der Waals surface area contributed by atoms with Crippen LogP contribution in [0.3, 0.4) is 0 Å². The summed E-state index contributed by atoms with van der Waals surface area (Å²) in [5, 5.41) is 0.520. The number of halogens is 2. The quantitative estimate of drug-likeness (QED) is 0.799. The normalized spacial score (nSPS) is 12.3. The Morgan fingerprint density at radius 1 is 1.67 bits per heavy atom. The molecule has 0 radical (unpaired) electrons. The number of rotatable bonds is 4. The lowest BCUT2D eigenvalue weighted by Crippen LogP contribution is -2.25. The molecule has 0 aliphatic rings. The molecule has 1 atom stereocenters. The van der Waals surface area contributed by atoms with Gasteiger partial charge in [-0.1, -0.05) is 34.5 Å². The molecule has 1 unspecified atom stereocenters. The fourth-order valence-corrected chi connectivity index (χ4v) is 1.84.